The maximum Gasteiger partial charge on any atom is 0.119 e. The first kappa shape index (κ1) is 12.6. The Morgan fingerprint density at radius 1 is 1.28 bits per heavy atom. The highest BCUT2D eigenvalue weighted by Crippen LogP contribution is 2.07. The first-order valence-corrected chi connectivity index (χ1v) is 6.16. The number of rotatable bonds is 7. The van der Waals surface area contributed by atoms with Crippen LogP contribution < -0.4 is 10.1 Å². The van der Waals surface area contributed by atoms with Crippen molar-refractivity contribution in [2.45, 2.75) is 20.0 Å². The van der Waals surface area contributed by atoms with Crippen molar-refractivity contribution in [2.75, 3.05) is 13.2 Å². The zero-order chi connectivity index (χ0) is 12.6. The van der Waals surface area contributed by atoms with Crippen LogP contribution in [-0.2, 0) is 13.1 Å². The Labute approximate surface area is 107 Å². The van der Waals surface area contributed by atoms with Crippen LogP contribution in [-0.4, -0.2) is 28.1 Å². The Kier molecular flexibility index (Phi) is 4.72. The Morgan fingerprint density at radius 3 is 2.89 bits per heavy atom. The van der Waals surface area contributed by atoms with Crippen molar-refractivity contribution >= 4 is 0 Å². The molecule has 0 aliphatic carbocycles. The van der Waals surface area contributed by atoms with E-state index in [4.69, 9.17) is 4.74 Å². The van der Waals surface area contributed by atoms with E-state index in [0.717, 1.165) is 24.5 Å². The van der Waals surface area contributed by atoms with Crippen LogP contribution in [0.4, 0.5) is 0 Å². The lowest BCUT2D eigenvalue weighted by atomic mass is 10.3. The van der Waals surface area contributed by atoms with Crippen molar-refractivity contribution in [3.05, 3.63) is 42.2 Å². The van der Waals surface area contributed by atoms with Crippen LogP contribution in [0, 0.1) is 0 Å². The number of aromatic nitrogens is 3. The number of nitrogens with zero attached hydrogens (tertiary/aromatic N) is 3. The number of para-hydroxylation sites is 1. The van der Waals surface area contributed by atoms with E-state index in [1.807, 2.05) is 36.5 Å². The molecule has 0 aliphatic heterocycles. The fraction of sp³-hybridized carbons (Fsp3) is 0.385. The third kappa shape index (κ3) is 3.85. The summed E-state index contributed by atoms with van der Waals surface area (Å²) in [5.41, 5.74) is 0.955. The Balaban J connectivity index is 1.75. The number of hydrogen-bond acceptors (Lipinski definition) is 4. The van der Waals surface area contributed by atoms with Gasteiger partial charge in [-0.1, -0.05) is 30.3 Å². The number of nitrogens with one attached hydrogen (secondary N) is 1. The molecule has 5 nitrogen and oxygen atoms in total. The predicted octanol–water partition coefficient (Wildman–Crippen LogP) is 1.47. The quantitative estimate of drug-likeness (QED) is 0.803. The third-order valence-electron chi connectivity index (χ3n) is 2.47. The van der Waals surface area contributed by atoms with Gasteiger partial charge in [0, 0.05) is 12.7 Å². The number of benzene rings is 1. The molecule has 1 aromatic heterocycles. The summed E-state index contributed by atoms with van der Waals surface area (Å²) in [5, 5.41) is 11.3. The van der Waals surface area contributed by atoms with Gasteiger partial charge in [-0.25, -0.2) is 4.68 Å². The van der Waals surface area contributed by atoms with Crippen molar-refractivity contribution in [2.24, 2.45) is 0 Å². The largest absolute Gasteiger partial charge is 0.492 e. The molecule has 2 aromatic rings. The van der Waals surface area contributed by atoms with Crippen LogP contribution in [0.5, 0.6) is 5.75 Å². The van der Waals surface area contributed by atoms with Gasteiger partial charge in [0.25, 0.3) is 0 Å². The Hall–Kier alpha value is -1.88. The van der Waals surface area contributed by atoms with Gasteiger partial charge in [-0.05, 0) is 18.7 Å². The molecular weight excluding hydrogens is 228 g/mol. The van der Waals surface area contributed by atoms with Crippen LogP contribution in [0.1, 0.15) is 12.6 Å². The molecule has 0 radical (unpaired) electrons. The van der Waals surface area contributed by atoms with Gasteiger partial charge in [-0.2, -0.15) is 0 Å². The zero-order valence-corrected chi connectivity index (χ0v) is 10.5. The maximum atomic E-state index is 5.60. The summed E-state index contributed by atoms with van der Waals surface area (Å²) in [7, 11) is 0. The van der Waals surface area contributed by atoms with E-state index in [1.54, 1.807) is 4.68 Å². The highest BCUT2D eigenvalue weighted by atomic mass is 16.5. The van der Waals surface area contributed by atoms with E-state index >= 15 is 0 Å². The lowest BCUT2D eigenvalue weighted by Crippen LogP contribution is -2.12. The second-order valence-corrected chi connectivity index (χ2v) is 3.91. The Bertz CT molecular complexity index is 455. The van der Waals surface area contributed by atoms with E-state index in [2.05, 4.69) is 22.6 Å². The molecule has 96 valence electrons. The van der Waals surface area contributed by atoms with Gasteiger partial charge in [-0.15, -0.1) is 5.10 Å². The summed E-state index contributed by atoms with van der Waals surface area (Å²) in [6.45, 7) is 5.06. The summed E-state index contributed by atoms with van der Waals surface area (Å²) in [6.07, 6.45) is 1.94. The van der Waals surface area contributed by atoms with Crippen LogP contribution in [0.15, 0.2) is 36.5 Å². The summed E-state index contributed by atoms with van der Waals surface area (Å²) in [6, 6.07) is 9.77. The summed E-state index contributed by atoms with van der Waals surface area (Å²) in [5.74, 6) is 0.880. The minimum atomic E-state index is 0.591. The van der Waals surface area contributed by atoms with Crippen LogP contribution in [0.25, 0.3) is 0 Å². The molecule has 18 heavy (non-hydrogen) atoms. The Morgan fingerprint density at radius 2 is 2.11 bits per heavy atom. The average Bonchev–Trinajstić information content (AvgIpc) is 2.85. The molecule has 2 rings (SSSR count). The lowest BCUT2D eigenvalue weighted by molar-refractivity contribution is 0.289. The standard InChI is InChI=1S/C13H18N4O/c1-2-14-10-12-11-17(16-15-12)8-9-18-13-6-4-3-5-7-13/h3-7,11,14H,2,8-10H2,1H3. The normalized spacial score (nSPS) is 10.5. The van der Waals surface area contributed by atoms with Crippen molar-refractivity contribution in [1.29, 1.82) is 0 Å². The molecule has 0 fully saturated rings. The molecule has 1 heterocycles. The fourth-order valence-electron chi connectivity index (χ4n) is 1.56. The average molecular weight is 246 g/mol. The van der Waals surface area contributed by atoms with Crippen molar-refractivity contribution in [1.82, 2.24) is 20.3 Å². The smallest absolute Gasteiger partial charge is 0.119 e. The second-order valence-electron chi connectivity index (χ2n) is 3.91. The van der Waals surface area contributed by atoms with Crippen LogP contribution >= 0.6 is 0 Å². The summed E-state index contributed by atoms with van der Waals surface area (Å²) in [4.78, 5) is 0. The van der Waals surface area contributed by atoms with E-state index in [0.29, 0.717) is 13.2 Å². The first-order chi connectivity index (χ1) is 8.88. The SMILES string of the molecule is CCNCc1cn(CCOc2ccccc2)nn1. The highest BCUT2D eigenvalue weighted by molar-refractivity contribution is 5.20. The van der Waals surface area contributed by atoms with Gasteiger partial charge in [0.05, 0.1) is 12.2 Å². The molecule has 1 N–H and O–H groups in total. The summed E-state index contributed by atoms with van der Waals surface area (Å²) < 4.78 is 7.40. The van der Waals surface area contributed by atoms with Gasteiger partial charge >= 0.3 is 0 Å². The molecule has 0 bridgehead atoms. The molecule has 0 spiro atoms. The predicted molar refractivity (Wildman–Crippen MR) is 69.3 cm³/mol. The van der Waals surface area contributed by atoms with E-state index in [1.165, 1.54) is 0 Å². The lowest BCUT2D eigenvalue weighted by Gasteiger charge is -2.04. The minimum absolute atomic E-state index is 0.591. The highest BCUT2D eigenvalue weighted by Gasteiger charge is 2.00. The fourth-order valence-corrected chi connectivity index (χ4v) is 1.56. The molecule has 1 aromatic carbocycles. The number of ether oxygens (including phenoxy) is 1. The van der Waals surface area contributed by atoms with Gasteiger partial charge in [-0.3, -0.25) is 0 Å². The van der Waals surface area contributed by atoms with E-state index in [9.17, 15) is 0 Å². The molecule has 0 aliphatic rings. The van der Waals surface area contributed by atoms with Gasteiger partial charge in [0.15, 0.2) is 0 Å². The first-order valence-electron chi connectivity index (χ1n) is 6.16. The molecule has 0 unspecified atom stereocenters. The molecule has 0 amide bonds. The maximum absolute atomic E-state index is 5.60. The van der Waals surface area contributed by atoms with Crippen molar-refractivity contribution in [3.8, 4) is 5.75 Å². The van der Waals surface area contributed by atoms with Gasteiger partial charge < -0.3 is 10.1 Å². The summed E-state index contributed by atoms with van der Waals surface area (Å²) >= 11 is 0. The molecule has 0 atom stereocenters. The zero-order valence-electron chi connectivity index (χ0n) is 10.5. The van der Waals surface area contributed by atoms with Crippen LogP contribution in [0.3, 0.4) is 0 Å². The van der Waals surface area contributed by atoms with Crippen LogP contribution in [0.2, 0.25) is 0 Å². The molecular formula is C13H18N4O. The van der Waals surface area contributed by atoms with E-state index < -0.39 is 0 Å². The molecule has 5 heteroatoms. The minimum Gasteiger partial charge on any atom is -0.492 e. The molecule has 0 saturated heterocycles. The topological polar surface area (TPSA) is 52.0 Å². The number of hydrogen-bond donors (Lipinski definition) is 1. The third-order valence-corrected chi connectivity index (χ3v) is 2.47. The van der Waals surface area contributed by atoms with E-state index in [-0.39, 0.29) is 0 Å². The van der Waals surface area contributed by atoms with Crippen molar-refractivity contribution in [3.63, 3.8) is 0 Å². The van der Waals surface area contributed by atoms with Gasteiger partial charge in [0.2, 0.25) is 0 Å². The van der Waals surface area contributed by atoms with Crippen molar-refractivity contribution < 1.29 is 4.74 Å². The molecule has 0 saturated carbocycles. The second kappa shape index (κ2) is 6.76. The van der Waals surface area contributed by atoms with Gasteiger partial charge in [0.1, 0.15) is 12.4 Å². The monoisotopic (exact) mass is 246 g/mol.